The van der Waals surface area contributed by atoms with Crippen LogP contribution >= 0.6 is 0 Å². The van der Waals surface area contributed by atoms with Gasteiger partial charge in [0.15, 0.2) is 0 Å². The average Bonchev–Trinajstić information content (AvgIpc) is 3.24. The van der Waals surface area contributed by atoms with E-state index in [4.69, 9.17) is 4.74 Å². The summed E-state index contributed by atoms with van der Waals surface area (Å²) in [6.45, 7) is 6.77. The van der Waals surface area contributed by atoms with Crippen LogP contribution in [0.15, 0.2) is 36.5 Å². The Bertz CT molecular complexity index is 1090. The number of nitrogens with zero attached hydrogens (tertiary/aromatic N) is 3. The van der Waals surface area contributed by atoms with Gasteiger partial charge in [-0.25, -0.2) is 9.78 Å². The Morgan fingerprint density at radius 2 is 1.97 bits per heavy atom. The van der Waals surface area contributed by atoms with Crippen molar-refractivity contribution in [3.63, 3.8) is 0 Å². The first-order chi connectivity index (χ1) is 16.8. The lowest BCUT2D eigenvalue weighted by Crippen LogP contribution is -2.35. The van der Waals surface area contributed by atoms with Crippen molar-refractivity contribution in [2.24, 2.45) is 5.92 Å². The van der Waals surface area contributed by atoms with Crippen LogP contribution in [0.25, 0.3) is 0 Å². The normalized spacial score (nSPS) is 15.9. The highest BCUT2D eigenvalue weighted by molar-refractivity contribution is 5.68. The first kappa shape index (κ1) is 26.8. The number of rotatable bonds is 8. The van der Waals surface area contributed by atoms with Crippen LogP contribution in [0.5, 0.6) is 5.75 Å². The van der Waals surface area contributed by atoms with E-state index in [-0.39, 0.29) is 35.5 Å². The number of hydrogen-bond donors (Lipinski definition) is 2. The number of halogens is 3. The van der Waals surface area contributed by atoms with E-state index in [1.165, 1.54) is 30.3 Å². The SMILES string of the molecule is CC(C)(C)OC(=O)N1CC[C@@H](CNc2cc(NCc3ccccc3OC(F)(F)F)c([N+](=O)[O-])cn2)C1. The van der Waals surface area contributed by atoms with Crippen LogP contribution in [-0.2, 0) is 11.3 Å². The average molecular weight is 512 g/mol. The number of nitrogens with one attached hydrogen (secondary N) is 2. The van der Waals surface area contributed by atoms with Crippen molar-refractivity contribution in [1.29, 1.82) is 0 Å². The number of ether oxygens (including phenoxy) is 2. The van der Waals surface area contributed by atoms with E-state index in [1.807, 2.05) is 0 Å². The summed E-state index contributed by atoms with van der Waals surface area (Å²) >= 11 is 0. The zero-order valence-corrected chi connectivity index (χ0v) is 20.1. The third-order valence-electron chi connectivity index (χ3n) is 5.26. The van der Waals surface area contributed by atoms with Gasteiger partial charge in [-0.15, -0.1) is 13.2 Å². The number of carbonyl (C=O) groups excluding carboxylic acids is 1. The Balaban J connectivity index is 1.64. The number of aromatic nitrogens is 1. The highest BCUT2D eigenvalue weighted by Crippen LogP contribution is 2.30. The molecule has 10 nitrogen and oxygen atoms in total. The van der Waals surface area contributed by atoms with Gasteiger partial charge in [0, 0.05) is 37.8 Å². The van der Waals surface area contributed by atoms with Gasteiger partial charge in [0.1, 0.15) is 29.1 Å². The minimum atomic E-state index is -4.87. The van der Waals surface area contributed by atoms with Crippen molar-refractivity contribution in [2.75, 3.05) is 30.3 Å². The van der Waals surface area contributed by atoms with E-state index >= 15 is 0 Å². The van der Waals surface area contributed by atoms with Crippen molar-refractivity contribution >= 4 is 23.3 Å². The molecule has 3 rings (SSSR count). The summed E-state index contributed by atoms with van der Waals surface area (Å²) < 4.78 is 47.5. The molecule has 0 unspecified atom stereocenters. The number of likely N-dealkylation sites (tertiary alicyclic amines) is 1. The van der Waals surface area contributed by atoms with E-state index in [9.17, 15) is 28.1 Å². The molecule has 1 aliphatic rings. The number of anilines is 2. The van der Waals surface area contributed by atoms with E-state index in [0.717, 1.165) is 12.6 Å². The largest absolute Gasteiger partial charge is 0.573 e. The van der Waals surface area contributed by atoms with Crippen molar-refractivity contribution in [3.05, 3.63) is 52.2 Å². The predicted octanol–water partition coefficient (Wildman–Crippen LogP) is 5.17. The van der Waals surface area contributed by atoms with Crippen molar-refractivity contribution < 1.29 is 32.4 Å². The van der Waals surface area contributed by atoms with E-state index in [0.29, 0.717) is 25.5 Å². The molecule has 1 aromatic carbocycles. The van der Waals surface area contributed by atoms with Gasteiger partial charge in [-0.05, 0) is 39.2 Å². The fourth-order valence-electron chi connectivity index (χ4n) is 3.64. The molecule has 1 aliphatic heterocycles. The lowest BCUT2D eigenvalue weighted by molar-refractivity contribution is -0.384. The maximum atomic E-state index is 12.7. The van der Waals surface area contributed by atoms with Gasteiger partial charge < -0.3 is 25.0 Å². The highest BCUT2D eigenvalue weighted by atomic mass is 19.4. The van der Waals surface area contributed by atoms with Gasteiger partial charge in [0.05, 0.1) is 4.92 Å². The van der Waals surface area contributed by atoms with Crippen LogP contribution in [0, 0.1) is 16.0 Å². The van der Waals surface area contributed by atoms with Crippen LogP contribution in [0.1, 0.15) is 32.8 Å². The second kappa shape index (κ2) is 10.9. The second-order valence-electron chi connectivity index (χ2n) is 9.31. The summed E-state index contributed by atoms with van der Waals surface area (Å²) in [4.78, 5) is 28.8. The fraction of sp³-hybridized carbons (Fsp3) is 0.478. The molecule has 2 heterocycles. The summed E-state index contributed by atoms with van der Waals surface area (Å²) in [5.74, 6) is 0.0688. The van der Waals surface area contributed by atoms with Crippen LogP contribution in [0.3, 0.4) is 0 Å². The van der Waals surface area contributed by atoms with Crippen LogP contribution in [0.2, 0.25) is 0 Å². The van der Waals surface area contributed by atoms with E-state index < -0.39 is 22.6 Å². The fourth-order valence-corrected chi connectivity index (χ4v) is 3.64. The maximum absolute atomic E-state index is 12.7. The lowest BCUT2D eigenvalue weighted by Gasteiger charge is -2.24. The summed E-state index contributed by atoms with van der Waals surface area (Å²) in [6, 6.07) is 6.95. The summed E-state index contributed by atoms with van der Waals surface area (Å²) in [7, 11) is 0. The molecular formula is C23H28F3N5O5. The Labute approximate surface area is 205 Å². The molecule has 1 amide bonds. The van der Waals surface area contributed by atoms with E-state index in [1.54, 1.807) is 25.7 Å². The van der Waals surface area contributed by atoms with Gasteiger partial charge in [0.25, 0.3) is 0 Å². The molecule has 36 heavy (non-hydrogen) atoms. The number of alkyl halides is 3. The van der Waals surface area contributed by atoms with Crippen molar-refractivity contribution in [3.8, 4) is 5.75 Å². The Hall–Kier alpha value is -3.77. The molecule has 13 heteroatoms. The molecule has 0 radical (unpaired) electrons. The minimum Gasteiger partial charge on any atom is -0.444 e. The quantitative estimate of drug-likeness (QED) is 0.368. The number of carbonyl (C=O) groups is 1. The summed E-state index contributed by atoms with van der Waals surface area (Å²) in [5, 5.41) is 17.4. The Morgan fingerprint density at radius 1 is 1.25 bits per heavy atom. The molecule has 1 saturated heterocycles. The Kier molecular flexibility index (Phi) is 8.10. The number of hydrogen-bond acceptors (Lipinski definition) is 8. The van der Waals surface area contributed by atoms with Gasteiger partial charge in [-0.1, -0.05) is 18.2 Å². The topological polar surface area (TPSA) is 119 Å². The zero-order valence-electron chi connectivity index (χ0n) is 20.1. The molecule has 2 aromatic rings. The first-order valence-electron chi connectivity index (χ1n) is 11.2. The zero-order chi connectivity index (χ0) is 26.5. The molecule has 0 spiro atoms. The smallest absolute Gasteiger partial charge is 0.444 e. The maximum Gasteiger partial charge on any atom is 0.573 e. The van der Waals surface area contributed by atoms with Gasteiger partial charge >= 0.3 is 18.1 Å². The molecule has 2 N–H and O–H groups in total. The first-order valence-corrected chi connectivity index (χ1v) is 11.2. The van der Waals surface area contributed by atoms with Crippen molar-refractivity contribution in [1.82, 2.24) is 9.88 Å². The van der Waals surface area contributed by atoms with E-state index in [2.05, 4.69) is 20.4 Å². The lowest BCUT2D eigenvalue weighted by atomic mass is 10.1. The van der Waals surface area contributed by atoms with Gasteiger partial charge in [0.2, 0.25) is 0 Å². The summed E-state index contributed by atoms with van der Waals surface area (Å²) in [5.41, 5.74) is -0.657. The molecule has 1 fully saturated rings. The van der Waals surface area contributed by atoms with Gasteiger partial charge in [-0.3, -0.25) is 10.1 Å². The molecule has 196 valence electrons. The number of nitro groups is 1. The van der Waals surface area contributed by atoms with Crippen molar-refractivity contribution in [2.45, 2.75) is 45.7 Å². The number of para-hydroxylation sites is 1. The van der Waals surface area contributed by atoms with Gasteiger partial charge in [-0.2, -0.15) is 0 Å². The highest BCUT2D eigenvalue weighted by Gasteiger charge is 2.32. The van der Waals surface area contributed by atoms with Crippen LogP contribution < -0.4 is 15.4 Å². The molecule has 1 atom stereocenters. The summed E-state index contributed by atoms with van der Waals surface area (Å²) in [6.07, 6.45) is -3.42. The molecule has 0 saturated carbocycles. The number of amides is 1. The standard InChI is InChI=1S/C23H28F3N5O5/c1-22(2,3)36-21(32)30-9-8-15(14-30)11-28-20-10-17(18(13-29-20)31(33)34)27-12-16-6-4-5-7-19(16)35-23(24,25)26/h4-7,10,13,15H,8-9,11-12,14H2,1-3H3,(H2,27,28,29)/t15-/m0/s1. The molecule has 1 aromatic heterocycles. The minimum absolute atomic E-state index is 0.0844. The second-order valence-corrected chi connectivity index (χ2v) is 9.31. The molecular weight excluding hydrogens is 483 g/mol. The third-order valence-corrected chi connectivity index (χ3v) is 5.26. The molecule has 0 bridgehead atoms. The van der Waals surface area contributed by atoms with Crippen LogP contribution in [-0.4, -0.2) is 52.5 Å². The third kappa shape index (κ3) is 7.89. The Morgan fingerprint density at radius 3 is 2.64 bits per heavy atom. The number of pyridine rings is 1. The van der Waals surface area contributed by atoms with Crippen LogP contribution in [0.4, 0.5) is 35.2 Å². The monoisotopic (exact) mass is 511 g/mol. The number of benzene rings is 1. The predicted molar refractivity (Wildman–Crippen MR) is 126 cm³/mol. The molecule has 0 aliphatic carbocycles.